The first-order chi connectivity index (χ1) is 9.39. The summed E-state index contributed by atoms with van der Waals surface area (Å²) in [7, 11) is 0. The number of ether oxygens (including phenoxy) is 1. The second kappa shape index (κ2) is 5.21. The summed E-state index contributed by atoms with van der Waals surface area (Å²) in [5.41, 5.74) is 1.04. The smallest absolute Gasteiger partial charge is 0.406 e. The monoisotopic (exact) mass is 281 g/mol. The number of nitrogens with zero attached hydrogens (tertiary/aromatic N) is 1. The van der Waals surface area contributed by atoms with E-state index in [-0.39, 0.29) is 11.3 Å². The van der Waals surface area contributed by atoms with Gasteiger partial charge < -0.3 is 4.74 Å². The van der Waals surface area contributed by atoms with Crippen LogP contribution in [0.2, 0.25) is 0 Å². The fraction of sp³-hybridized carbons (Fsp3) is 0.0714. The van der Waals surface area contributed by atoms with E-state index in [1.54, 1.807) is 0 Å². The van der Waals surface area contributed by atoms with Crippen molar-refractivity contribution in [2.24, 2.45) is 0 Å². The highest BCUT2D eigenvalue weighted by Gasteiger charge is 2.30. The lowest BCUT2D eigenvalue weighted by molar-refractivity contribution is -0.274. The zero-order chi connectivity index (χ0) is 14.8. The van der Waals surface area contributed by atoms with E-state index in [0.29, 0.717) is 11.1 Å². The molecular weight excluding hydrogens is 274 g/mol. The highest BCUT2D eigenvalue weighted by Crippen LogP contribution is 2.28. The van der Waals surface area contributed by atoms with E-state index >= 15 is 0 Å². The molecule has 6 heteroatoms. The highest BCUT2D eigenvalue weighted by atomic mass is 19.4. The van der Waals surface area contributed by atoms with Crippen LogP contribution >= 0.6 is 0 Å². The minimum Gasteiger partial charge on any atom is -0.406 e. The lowest BCUT2D eigenvalue weighted by atomic mass is 10.0. The molecule has 0 radical (unpaired) electrons. The quantitative estimate of drug-likeness (QED) is 0.770. The van der Waals surface area contributed by atoms with Crippen molar-refractivity contribution in [3.05, 3.63) is 53.8 Å². The maximum atomic E-state index is 13.0. The van der Waals surface area contributed by atoms with Crippen LogP contribution in [-0.4, -0.2) is 6.36 Å². The Hall–Kier alpha value is -2.55. The maximum Gasteiger partial charge on any atom is 0.573 e. The van der Waals surface area contributed by atoms with Gasteiger partial charge in [-0.2, -0.15) is 5.26 Å². The Morgan fingerprint density at radius 3 is 2.20 bits per heavy atom. The first kappa shape index (κ1) is 13.9. The van der Waals surface area contributed by atoms with Crippen LogP contribution in [0.4, 0.5) is 17.6 Å². The molecule has 0 aliphatic rings. The fourth-order valence-corrected chi connectivity index (χ4v) is 1.70. The summed E-state index contributed by atoms with van der Waals surface area (Å²) < 4.78 is 52.8. The minimum absolute atomic E-state index is 0.106. The summed E-state index contributed by atoms with van der Waals surface area (Å²) in [5.74, 6) is -0.913. The fourth-order valence-electron chi connectivity index (χ4n) is 1.70. The molecule has 2 aromatic rings. The maximum absolute atomic E-state index is 13.0. The van der Waals surface area contributed by atoms with Crippen molar-refractivity contribution in [2.75, 3.05) is 0 Å². The predicted molar refractivity (Wildman–Crippen MR) is 63.2 cm³/mol. The van der Waals surface area contributed by atoms with Crippen LogP contribution in [0.25, 0.3) is 11.1 Å². The zero-order valence-electron chi connectivity index (χ0n) is 9.91. The van der Waals surface area contributed by atoms with E-state index in [0.717, 1.165) is 18.2 Å². The number of hydrogen-bond donors (Lipinski definition) is 0. The van der Waals surface area contributed by atoms with Gasteiger partial charge in [-0.3, -0.25) is 0 Å². The second-order valence-corrected chi connectivity index (χ2v) is 3.87. The van der Waals surface area contributed by atoms with Crippen molar-refractivity contribution in [2.45, 2.75) is 6.36 Å². The zero-order valence-corrected chi connectivity index (χ0v) is 9.91. The molecule has 0 fully saturated rings. The van der Waals surface area contributed by atoms with Crippen LogP contribution in [0.1, 0.15) is 5.56 Å². The van der Waals surface area contributed by atoms with Gasteiger partial charge in [0.05, 0.1) is 11.6 Å². The molecule has 0 heterocycles. The molecule has 2 rings (SSSR count). The van der Waals surface area contributed by atoms with Gasteiger partial charge >= 0.3 is 6.36 Å². The van der Waals surface area contributed by atoms with Crippen LogP contribution in [0.15, 0.2) is 42.5 Å². The Morgan fingerprint density at radius 1 is 1.00 bits per heavy atom. The highest BCUT2D eigenvalue weighted by molar-refractivity contribution is 5.70. The third-order valence-corrected chi connectivity index (χ3v) is 2.50. The number of nitriles is 1. The molecular formula is C14H7F4NO. The third-order valence-electron chi connectivity index (χ3n) is 2.50. The SMILES string of the molecule is N#Cc1cc(F)ccc1-c1ccc(OC(F)(F)F)cc1. The van der Waals surface area contributed by atoms with Crippen LogP contribution in [-0.2, 0) is 0 Å². The van der Waals surface area contributed by atoms with Crippen LogP contribution in [0.5, 0.6) is 5.75 Å². The van der Waals surface area contributed by atoms with E-state index in [2.05, 4.69) is 4.74 Å². The lowest BCUT2D eigenvalue weighted by Gasteiger charge is -2.10. The van der Waals surface area contributed by atoms with Crippen LogP contribution in [0.3, 0.4) is 0 Å². The molecule has 2 aromatic carbocycles. The summed E-state index contributed by atoms with van der Waals surface area (Å²) in [6, 6.07) is 10.5. The van der Waals surface area contributed by atoms with E-state index in [1.165, 1.54) is 24.3 Å². The first-order valence-electron chi connectivity index (χ1n) is 5.45. The van der Waals surface area contributed by atoms with Crippen molar-refractivity contribution >= 4 is 0 Å². The van der Waals surface area contributed by atoms with Gasteiger partial charge in [-0.05, 0) is 35.4 Å². The van der Waals surface area contributed by atoms with Crippen molar-refractivity contribution in [3.8, 4) is 22.9 Å². The Morgan fingerprint density at radius 2 is 1.65 bits per heavy atom. The lowest BCUT2D eigenvalue weighted by Crippen LogP contribution is -2.16. The Balaban J connectivity index is 2.34. The van der Waals surface area contributed by atoms with E-state index < -0.39 is 12.2 Å². The number of alkyl halides is 3. The van der Waals surface area contributed by atoms with Gasteiger partial charge in [-0.15, -0.1) is 13.2 Å². The molecule has 0 spiro atoms. The predicted octanol–water partition coefficient (Wildman–Crippen LogP) is 4.26. The summed E-state index contributed by atoms with van der Waals surface area (Å²) in [6.07, 6.45) is -4.75. The number of halogens is 4. The molecule has 0 aliphatic carbocycles. The average molecular weight is 281 g/mol. The molecule has 0 unspecified atom stereocenters. The Kier molecular flexibility index (Phi) is 3.61. The van der Waals surface area contributed by atoms with E-state index in [9.17, 15) is 17.6 Å². The molecule has 0 amide bonds. The molecule has 2 nitrogen and oxygen atoms in total. The molecule has 102 valence electrons. The Labute approximate surface area is 111 Å². The Bertz CT molecular complexity index is 656. The van der Waals surface area contributed by atoms with Crippen molar-refractivity contribution < 1.29 is 22.3 Å². The van der Waals surface area contributed by atoms with E-state index in [1.807, 2.05) is 6.07 Å². The standard InChI is InChI=1S/C14H7F4NO/c15-11-3-6-13(10(7-11)8-19)9-1-4-12(5-2-9)20-14(16,17)18/h1-7H. The van der Waals surface area contributed by atoms with Crippen molar-refractivity contribution in [1.29, 1.82) is 5.26 Å². The summed E-state index contributed by atoms with van der Waals surface area (Å²) in [6.45, 7) is 0. The second-order valence-electron chi connectivity index (χ2n) is 3.87. The van der Waals surface area contributed by atoms with Crippen LogP contribution in [0, 0.1) is 17.1 Å². The average Bonchev–Trinajstić information content (AvgIpc) is 2.38. The minimum atomic E-state index is -4.75. The summed E-state index contributed by atoms with van der Waals surface area (Å²) >= 11 is 0. The van der Waals surface area contributed by atoms with Gasteiger partial charge in [0.1, 0.15) is 11.6 Å². The van der Waals surface area contributed by atoms with Crippen molar-refractivity contribution in [1.82, 2.24) is 0 Å². The first-order valence-corrected chi connectivity index (χ1v) is 5.45. The van der Waals surface area contributed by atoms with Gasteiger partial charge in [0.15, 0.2) is 0 Å². The molecule has 0 atom stereocenters. The molecule has 20 heavy (non-hydrogen) atoms. The van der Waals surface area contributed by atoms with Gasteiger partial charge in [0.2, 0.25) is 0 Å². The number of hydrogen-bond acceptors (Lipinski definition) is 2. The van der Waals surface area contributed by atoms with Gasteiger partial charge in [-0.1, -0.05) is 18.2 Å². The van der Waals surface area contributed by atoms with Gasteiger partial charge in [0.25, 0.3) is 0 Å². The topological polar surface area (TPSA) is 33.0 Å². The van der Waals surface area contributed by atoms with Crippen molar-refractivity contribution in [3.63, 3.8) is 0 Å². The van der Waals surface area contributed by atoms with Crippen LogP contribution < -0.4 is 4.74 Å². The van der Waals surface area contributed by atoms with Gasteiger partial charge in [0, 0.05) is 0 Å². The largest absolute Gasteiger partial charge is 0.573 e. The number of benzene rings is 2. The molecule has 0 bridgehead atoms. The normalized spacial score (nSPS) is 10.9. The molecule has 0 saturated carbocycles. The van der Waals surface area contributed by atoms with E-state index in [4.69, 9.17) is 5.26 Å². The number of rotatable bonds is 2. The molecule has 0 N–H and O–H groups in total. The third kappa shape index (κ3) is 3.26. The molecule has 0 saturated heterocycles. The summed E-state index contributed by atoms with van der Waals surface area (Å²) in [5, 5.41) is 8.92. The van der Waals surface area contributed by atoms with Gasteiger partial charge in [-0.25, -0.2) is 4.39 Å². The molecule has 0 aromatic heterocycles. The summed E-state index contributed by atoms with van der Waals surface area (Å²) in [4.78, 5) is 0. The molecule has 0 aliphatic heterocycles.